The molecule has 0 radical (unpaired) electrons. The van der Waals surface area contributed by atoms with Crippen molar-refractivity contribution >= 4 is 0 Å². The number of ether oxygens (including phenoxy) is 3. The minimum Gasteiger partial charge on any atom is -0.393 e. The minimum absolute atomic E-state index is 0.416. The zero-order valence-corrected chi connectivity index (χ0v) is 9.69. The molecular formula is C10H20O5. The SMILES string of the molecule is COC(O)C1(C(C)O)CC(OC)(OC)C1. The molecule has 0 aromatic rings. The van der Waals surface area contributed by atoms with Crippen LogP contribution in [-0.4, -0.2) is 49.7 Å². The van der Waals surface area contributed by atoms with Gasteiger partial charge in [-0.25, -0.2) is 0 Å². The lowest BCUT2D eigenvalue weighted by Crippen LogP contribution is -2.63. The summed E-state index contributed by atoms with van der Waals surface area (Å²) >= 11 is 0. The van der Waals surface area contributed by atoms with Gasteiger partial charge in [0, 0.05) is 34.2 Å². The van der Waals surface area contributed by atoms with Crippen LogP contribution in [0.1, 0.15) is 19.8 Å². The van der Waals surface area contributed by atoms with E-state index in [4.69, 9.17) is 14.2 Å². The topological polar surface area (TPSA) is 68.2 Å². The zero-order valence-electron chi connectivity index (χ0n) is 9.69. The first-order chi connectivity index (χ1) is 6.96. The number of aliphatic hydroxyl groups is 2. The Balaban J connectivity index is 2.76. The average molecular weight is 220 g/mol. The Morgan fingerprint density at radius 1 is 1.07 bits per heavy atom. The van der Waals surface area contributed by atoms with Gasteiger partial charge >= 0.3 is 0 Å². The van der Waals surface area contributed by atoms with Crippen molar-refractivity contribution in [2.45, 2.75) is 37.9 Å². The largest absolute Gasteiger partial charge is 0.393 e. The Morgan fingerprint density at radius 2 is 1.53 bits per heavy atom. The van der Waals surface area contributed by atoms with E-state index in [9.17, 15) is 10.2 Å². The molecule has 0 bridgehead atoms. The molecule has 2 atom stereocenters. The highest BCUT2D eigenvalue weighted by Gasteiger charge is 2.62. The lowest BCUT2D eigenvalue weighted by Gasteiger charge is -2.56. The smallest absolute Gasteiger partial charge is 0.169 e. The molecule has 0 aliphatic heterocycles. The summed E-state index contributed by atoms with van der Waals surface area (Å²) < 4.78 is 15.3. The van der Waals surface area contributed by atoms with E-state index in [2.05, 4.69) is 0 Å². The van der Waals surface area contributed by atoms with Crippen LogP contribution in [0.4, 0.5) is 0 Å². The van der Waals surface area contributed by atoms with Gasteiger partial charge in [-0.3, -0.25) is 0 Å². The molecule has 2 unspecified atom stereocenters. The molecule has 0 spiro atoms. The van der Waals surface area contributed by atoms with E-state index >= 15 is 0 Å². The van der Waals surface area contributed by atoms with Crippen LogP contribution in [-0.2, 0) is 14.2 Å². The van der Waals surface area contributed by atoms with Gasteiger partial charge in [0.05, 0.1) is 11.5 Å². The second-order valence-electron chi connectivity index (χ2n) is 4.17. The summed E-state index contributed by atoms with van der Waals surface area (Å²) in [6, 6.07) is 0. The maximum absolute atomic E-state index is 9.73. The van der Waals surface area contributed by atoms with E-state index in [0.29, 0.717) is 12.8 Å². The van der Waals surface area contributed by atoms with Crippen LogP contribution < -0.4 is 0 Å². The maximum Gasteiger partial charge on any atom is 0.169 e. The molecule has 1 saturated carbocycles. The van der Waals surface area contributed by atoms with Crippen LogP contribution in [0.25, 0.3) is 0 Å². The molecule has 5 nitrogen and oxygen atoms in total. The standard InChI is InChI=1S/C10H20O5/c1-7(11)9(8(12)13-2)5-10(6-9,14-3)15-4/h7-8,11-12H,5-6H2,1-4H3. The Kier molecular flexibility index (Phi) is 3.73. The van der Waals surface area contributed by atoms with Gasteiger partial charge in [0.2, 0.25) is 0 Å². The highest BCUT2D eigenvalue weighted by Crippen LogP contribution is 2.55. The van der Waals surface area contributed by atoms with Gasteiger partial charge in [-0.05, 0) is 6.92 Å². The second kappa shape index (κ2) is 4.35. The third-order valence-corrected chi connectivity index (χ3v) is 3.49. The molecular weight excluding hydrogens is 200 g/mol. The Labute approximate surface area is 89.9 Å². The summed E-state index contributed by atoms with van der Waals surface area (Å²) in [7, 11) is 4.51. The molecule has 0 aromatic heterocycles. The summed E-state index contributed by atoms with van der Waals surface area (Å²) in [5.41, 5.74) is -0.694. The van der Waals surface area contributed by atoms with Crippen molar-refractivity contribution < 1.29 is 24.4 Å². The highest BCUT2D eigenvalue weighted by molar-refractivity contribution is 5.04. The van der Waals surface area contributed by atoms with Crippen molar-refractivity contribution in [1.29, 1.82) is 0 Å². The van der Waals surface area contributed by atoms with Crippen molar-refractivity contribution in [2.75, 3.05) is 21.3 Å². The fourth-order valence-electron chi connectivity index (χ4n) is 2.23. The predicted octanol–water partition coefficient (Wildman–Crippen LogP) is 0.101. The quantitative estimate of drug-likeness (QED) is 0.643. The number of methoxy groups -OCH3 is 3. The van der Waals surface area contributed by atoms with Crippen molar-refractivity contribution in [3.8, 4) is 0 Å². The summed E-state index contributed by atoms with van der Waals surface area (Å²) in [6.45, 7) is 1.64. The van der Waals surface area contributed by atoms with Crippen molar-refractivity contribution in [1.82, 2.24) is 0 Å². The van der Waals surface area contributed by atoms with Crippen LogP contribution in [0.2, 0.25) is 0 Å². The molecule has 0 amide bonds. The van der Waals surface area contributed by atoms with E-state index in [1.165, 1.54) is 7.11 Å². The molecule has 2 N–H and O–H groups in total. The third-order valence-electron chi connectivity index (χ3n) is 3.49. The van der Waals surface area contributed by atoms with E-state index in [0.717, 1.165) is 0 Å². The molecule has 1 aliphatic rings. The number of rotatable bonds is 5. The van der Waals surface area contributed by atoms with Crippen molar-refractivity contribution in [3.05, 3.63) is 0 Å². The molecule has 0 saturated heterocycles. The maximum atomic E-state index is 9.73. The number of hydrogen-bond donors (Lipinski definition) is 2. The van der Waals surface area contributed by atoms with Gasteiger partial charge in [-0.1, -0.05) is 0 Å². The van der Waals surface area contributed by atoms with Gasteiger partial charge in [0.15, 0.2) is 12.1 Å². The van der Waals surface area contributed by atoms with Gasteiger partial charge < -0.3 is 24.4 Å². The molecule has 5 heteroatoms. The summed E-state index contributed by atoms with van der Waals surface area (Å²) in [4.78, 5) is 0. The number of aliphatic hydroxyl groups excluding tert-OH is 2. The summed E-state index contributed by atoms with van der Waals surface area (Å²) in [5, 5.41) is 19.4. The average Bonchev–Trinajstić information content (AvgIpc) is 2.17. The van der Waals surface area contributed by atoms with E-state index in [1.807, 2.05) is 0 Å². The first-order valence-electron chi connectivity index (χ1n) is 4.95. The normalized spacial score (nSPS) is 26.8. The van der Waals surface area contributed by atoms with E-state index in [-0.39, 0.29) is 0 Å². The molecule has 1 fully saturated rings. The molecule has 0 heterocycles. The van der Waals surface area contributed by atoms with Crippen LogP contribution >= 0.6 is 0 Å². The van der Waals surface area contributed by atoms with Crippen LogP contribution in [0.3, 0.4) is 0 Å². The molecule has 1 aliphatic carbocycles. The molecule has 0 aromatic carbocycles. The van der Waals surface area contributed by atoms with Gasteiger partial charge in [0.1, 0.15) is 0 Å². The lowest BCUT2D eigenvalue weighted by atomic mass is 9.60. The van der Waals surface area contributed by atoms with Gasteiger partial charge in [-0.2, -0.15) is 0 Å². The van der Waals surface area contributed by atoms with Crippen LogP contribution in [0.15, 0.2) is 0 Å². The van der Waals surface area contributed by atoms with E-state index < -0.39 is 23.6 Å². The second-order valence-corrected chi connectivity index (χ2v) is 4.17. The summed E-state index contributed by atoms with van der Waals surface area (Å²) in [6.07, 6.45) is -0.846. The van der Waals surface area contributed by atoms with Crippen molar-refractivity contribution in [3.63, 3.8) is 0 Å². The Bertz CT molecular complexity index is 204. The van der Waals surface area contributed by atoms with Gasteiger partial charge in [0.25, 0.3) is 0 Å². The monoisotopic (exact) mass is 220 g/mol. The molecule has 1 rings (SSSR count). The van der Waals surface area contributed by atoms with Crippen LogP contribution in [0, 0.1) is 5.41 Å². The van der Waals surface area contributed by atoms with E-state index in [1.54, 1.807) is 21.1 Å². The molecule has 90 valence electrons. The third kappa shape index (κ3) is 1.90. The Hall–Kier alpha value is -0.200. The highest BCUT2D eigenvalue weighted by atomic mass is 16.7. The lowest BCUT2D eigenvalue weighted by molar-refractivity contribution is -0.354. The summed E-state index contributed by atoms with van der Waals surface area (Å²) in [5.74, 6) is -0.698. The fraction of sp³-hybridized carbons (Fsp3) is 1.00. The fourth-order valence-corrected chi connectivity index (χ4v) is 2.23. The first-order valence-corrected chi connectivity index (χ1v) is 4.95. The van der Waals surface area contributed by atoms with Crippen molar-refractivity contribution in [2.24, 2.45) is 5.41 Å². The number of hydrogen-bond acceptors (Lipinski definition) is 5. The molecule has 15 heavy (non-hydrogen) atoms. The first kappa shape index (κ1) is 12.9. The zero-order chi connectivity index (χ0) is 11.7. The van der Waals surface area contributed by atoms with Gasteiger partial charge in [-0.15, -0.1) is 0 Å². The predicted molar refractivity (Wildman–Crippen MR) is 53.1 cm³/mol. The Morgan fingerprint density at radius 3 is 1.80 bits per heavy atom. The minimum atomic E-state index is -1.00. The van der Waals surface area contributed by atoms with Crippen LogP contribution in [0.5, 0.6) is 0 Å².